The van der Waals surface area contributed by atoms with Crippen molar-refractivity contribution in [2.75, 3.05) is 45.0 Å². The van der Waals surface area contributed by atoms with Crippen molar-refractivity contribution in [3.05, 3.63) is 47.8 Å². The molecule has 1 unspecified atom stereocenters. The second-order valence-corrected chi connectivity index (χ2v) is 6.20. The van der Waals surface area contributed by atoms with Crippen molar-refractivity contribution in [3.8, 4) is 11.5 Å². The predicted molar refractivity (Wildman–Crippen MR) is 99.7 cm³/mol. The number of halogens is 3. The molecule has 0 aliphatic rings. The first kappa shape index (κ1) is 22.0. The van der Waals surface area contributed by atoms with Crippen LogP contribution in [0.5, 0.6) is 11.5 Å². The molecule has 0 saturated carbocycles. The third kappa shape index (κ3) is 5.85. The van der Waals surface area contributed by atoms with Gasteiger partial charge in [0.05, 0.1) is 32.6 Å². The Morgan fingerprint density at radius 3 is 2.07 bits per heavy atom. The number of carbonyl (C=O) groups is 2. The average Bonchev–Trinajstić information content (AvgIpc) is 2.68. The summed E-state index contributed by atoms with van der Waals surface area (Å²) < 4.78 is 50.0. The zero-order valence-electron chi connectivity index (χ0n) is 16.1. The van der Waals surface area contributed by atoms with Crippen LogP contribution in [-0.4, -0.2) is 46.2 Å². The number of benzene rings is 2. The van der Waals surface area contributed by atoms with Crippen LogP contribution in [0.1, 0.15) is 0 Å². The normalized spacial score (nSPS) is 11.5. The van der Waals surface area contributed by atoms with Crippen LogP contribution in [0, 0.1) is 17.5 Å². The number of carbonyl (C=O) groups excluding carboxylic acids is 2. The van der Waals surface area contributed by atoms with Gasteiger partial charge >= 0.3 is 0 Å². The van der Waals surface area contributed by atoms with Gasteiger partial charge in [-0.25, -0.2) is 13.2 Å². The van der Waals surface area contributed by atoms with Crippen molar-refractivity contribution in [1.29, 1.82) is 0 Å². The fourth-order valence-electron chi connectivity index (χ4n) is 2.52. The van der Waals surface area contributed by atoms with Crippen molar-refractivity contribution < 1.29 is 37.1 Å². The standard InChI is InChI=1S/C19H20F3N3O4/c1-25(10-17(27)24-14-7-5-12(20)18(21)19(14)22)9-16(26)23-13-6-4-11(28-2)8-15(13)29-3/h4-8H,9-10H2,1-3H3,(H,23,26)(H,24,27)/p+1. The number of hydrogen-bond acceptors (Lipinski definition) is 4. The summed E-state index contributed by atoms with van der Waals surface area (Å²) in [6.45, 7) is -0.283. The van der Waals surface area contributed by atoms with Gasteiger partial charge in [-0.05, 0) is 24.3 Å². The van der Waals surface area contributed by atoms with E-state index in [2.05, 4.69) is 10.6 Å². The SMILES string of the molecule is COc1ccc(NC(=O)C[NH+](C)CC(=O)Nc2ccc(F)c(F)c2F)c(OC)c1. The highest BCUT2D eigenvalue weighted by molar-refractivity contribution is 5.94. The lowest BCUT2D eigenvalue weighted by molar-refractivity contribution is -0.862. The number of quaternary nitrogens is 1. The Kier molecular flexibility index (Phi) is 7.43. The zero-order valence-corrected chi connectivity index (χ0v) is 16.1. The smallest absolute Gasteiger partial charge is 0.279 e. The minimum absolute atomic E-state index is 0.0805. The minimum atomic E-state index is -1.67. The van der Waals surface area contributed by atoms with Gasteiger partial charge in [0.15, 0.2) is 30.5 Å². The van der Waals surface area contributed by atoms with E-state index >= 15 is 0 Å². The van der Waals surface area contributed by atoms with E-state index in [9.17, 15) is 22.8 Å². The van der Waals surface area contributed by atoms with Crippen LogP contribution in [-0.2, 0) is 9.59 Å². The summed E-state index contributed by atoms with van der Waals surface area (Å²) in [6, 6.07) is 6.50. The first-order chi connectivity index (χ1) is 13.7. The highest BCUT2D eigenvalue weighted by Gasteiger charge is 2.19. The minimum Gasteiger partial charge on any atom is -0.497 e. The van der Waals surface area contributed by atoms with Gasteiger partial charge in [-0.1, -0.05) is 0 Å². The zero-order chi connectivity index (χ0) is 21.6. The van der Waals surface area contributed by atoms with E-state index in [0.29, 0.717) is 28.2 Å². The Labute approximate surface area is 165 Å². The number of anilines is 2. The van der Waals surface area contributed by atoms with Crippen LogP contribution in [0.25, 0.3) is 0 Å². The third-order valence-corrected chi connectivity index (χ3v) is 3.92. The van der Waals surface area contributed by atoms with Gasteiger partial charge in [0.2, 0.25) is 0 Å². The highest BCUT2D eigenvalue weighted by Crippen LogP contribution is 2.28. The summed E-state index contributed by atoms with van der Waals surface area (Å²) in [7, 11) is 4.53. The van der Waals surface area contributed by atoms with Gasteiger partial charge in [0.1, 0.15) is 11.5 Å². The molecule has 0 spiro atoms. The number of amides is 2. The fraction of sp³-hybridized carbons (Fsp3) is 0.263. The van der Waals surface area contributed by atoms with Crippen LogP contribution in [0.15, 0.2) is 30.3 Å². The summed E-state index contributed by atoms with van der Waals surface area (Å²) in [5, 5.41) is 4.82. The number of likely N-dealkylation sites (N-methyl/N-ethyl adjacent to an activating group) is 1. The molecule has 2 rings (SSSR count). The molecule has 2 aromatic carbocycles. The topological polar surface area (TPSA) is 81.1 Å². The van der Waals surface area contributed by atoms with Crippen molar-refractivity contribution in [1.82, 2.24) is 0 Å². The van der Waals surface area contributed by atoms with Crippen molar-refractivity contribution >= 4 is 23.2 Å². The Hall–Kier alpha value is -3.27. The van der Waals surface area contributed by atoms with E-state index in [0.717, 1.165) is 6.07 Å². The highest BCUT2D eigenvalue weighted by atomic mass is 19.2. The molecule has 0 radical (unpaired) electrons. The molecule has 2 aromatic rings. The summed E-state index contributed by atoms with van der Waals surface area (Å²) >= 11 is 0. The lowest BCUT2D eigenvalue weighted by atomic mass is 10.2. The molecule has 0 bridgehead atoms. The monoisotopic (exact) mass is 412 g/mol. The average molecular weight is 412 g/mol. The molecule has 0 aliphatic heterocycles. The largest absolute Gasteiger partial charge is 0.497 e. The van der Waals surface area contributed by atoms with Gasteiger partial charge in [-0.3, -0.25) is 9.59 Å². The number of hydrogen-bond donors (Lipinski definition) is 3. The first-order valence-electron chi connectivity index (χ1n) is 8.51. The Morgan fingerprint density at radius 1 is 0.897 bits per heavy atom. The molecule has 0 aromatic heterocycles. The van der Waals surface area contributed by atoms with Gasteiger partial charge in [0.25, 0.3) is 11.8 Å². The van der Waals surface area contributed by atoms with Crippen LogP contribution in [0.4, 0.5) is 24.5 Å². The maximum atomic E-state index is 13.6. The lowest BCUT2D eigenvalue weighted by Gasteiger charge is -2.15. The fourth-order valence-corrected chi connectivity index (χ4v) is 2.52. The molecule has 0 heterocycles. The van der Waals surface area contributed by atoms with Gasteiger partial charge in [-0.15, -0.1) is 0 Å². The molecular weight excluding hydrogens is 391 g/mol. The summed E-state index contributed by atoms with van der Waals surface area (Å²) in [4.78, 5) is 24.7. The maximum absolute atomic E-state index is 13.6. The van der Waals surface area contributed by atoms with E-state index in [4.69, 9.17) is 9.47 Å². The van der Waals surface area contributed by atoms with Crippen LogP contribution in [0.3, 0.4) is 0 Å². The second-order valence-electron chi connectivity index (χ2n) is 6.20. The molecule has 0 aliphatic carbocycles. The molecular formula is C19H21F3N3O4+. The van der Waals surface area contributed by atoms with Crippen LogP contribution < -0.4 is 25.0 Å². The van der Waals surface area contributed by atoms with E-state index < -0.39 is 35.0 Å². The van der Waals surface area contributed by atoms with Crippen molar-refractivity contribution in [2.45, 2.75) is 0 Å². The molecule has 0 saturated heterocycles. The lowest BCUT2D eigenvalue weighted by Crippen LogP contribution is -3.11. The number of methoxy groups -OCH3 is 2. The Morgan fingerprint density at radius 2 is 1.48 bits per heavy atom. The van der Waals surface area contributed by atoms with E-state index in [1.165, 1.54) is 14.2 Å². The number of ether oxygens (including phenoxy) is 2. The molecule has 1 atom stereocenters. The second kappa shape index (κ2) is 9.78. The summed E-state index contributed by atoms with van der Waals surface area (Å²) in [5.74, 6) is -4.60. The summed E-state index contributed by atoms with van der Waals surface area (Å²) in [6.07, 6.45) is 0. The van der Waals surface area contributed by atoms with Crippen molar-refractivity contribution in [2.24, 2.45) is 0 Å². The molecule has 2 amide bonds. The van der Waals surface area contributed by atoms with E-state index in [-0.39, 0.29) is 13.1 Å². The van der Waals surface area contributed by atoms with Crippen LogP contribution in [0.2, 0.25) is 0 Å². The van der Waals surface area contributed by atoms with E-state index in [1.54, 1.807) is 25.2 Å². The van der Waals surface area contributed by atoms with Crippen LogP contribution >= 0.6 is 0 Å². The van der Waals surface area contributed by atoms with Gasteiger partial charge < -0.3 is 25.0 Å². The van der Waals surface area contributed by atoms with Crippen molar-refractivity contribution in [3.63, 3.8) is 0 Å². The molecule has 29 heavy (non-hydrogen) atoms. The molecule has 0 fully saturated rings. The third-order valence-electron chi connectivity index (χ3n) is 3.92. The maximum Gasteiger partial charge on any atom is 0.279 e. The Bertz CT molecular complexity index is 909. The Balaban J connectivity index is 1.92. The summed E-state index contributed by atoms with van der Waals surface area (Å²) in [5.41, 5.74) is -0.0477. The van der Waals surface area contributed by atoms with Gasteiger partial charge in [0, 0.05) is 6.07 Å². The molecule has 3 N–H and O–H groups in total. The number of rotatable bonds is 8. The predicted octanol–water partition coefficient (Wildman–Crippen LogP) is 1.21. The molecule has 10 heteroatoms. The quantitative estimate of drug-likeness (QED) is 0.570. The first-order valence-corrected chi connectivity index (χ1v) is 8.51. The molecule has 156 valence electrons. The van der Waals surface area contributed by atoms with E-state index in [1.807, 2.05) is 0 Å². The molecule has 7 nitrogen and oxygen atoms in total. The van der Waals surface area contributed by atoms with Gasteiger partial charge in [-0.2, -0.15) is 0 Å². The number of nitrogens with one attached hydrogen (secondary N) is 3.